The molecule has 0 aliphatic carbocycles. The van der Waals surface area contributed by atoms with Crippen molar-refractivity contribution in [3.63, 3.8) is 0 Å². The first-order valence-electron chi connectivity index (χ1n) is 11.4. The maximum Gasteiger partial charge on any atom is 0.230 e. The van der Waals surface area contributed by atoms with E-state index < -0.39 is 11.7 Å². The second kappa shape index (κ2) is 10.6. The Morgan fingerprint density at radius 3 is 2.50 bits per heavy atom. The third-order valence-electron chi connectivity index (χ3n) is 6.05. The van der Waals surface area contributed by atoms with Crippen LogP contribution in [0.2, 0.25) is 0 Å². The smallest absolute Gasteiger partial charge is 0.230 e. The van der Waals surface area contributed by atoms with E-state index in [0.717, 1.165) is 34.2 Å². The minimum absolute atomic E-state index is 0.0648. The highest BCUT2D eigenvalue weighted by atomic mass is 31.0. The maximum absolute atomic E-state index is 12.8. The van der Waals surface area contributed by atoms with Crippen molar-refractivity contribution in [3.8, 4) is 22.5 Å². The molecule has 178 valence electrons. The summed E-state index contributed by atoms with van der Waals surface area (Å²) in [5.41, 5.74) is 4.12. The summed E-state index contributed by atoms with van der Waals surface area (Å²) in [6.07, 6.45) is 5.70. The highest BCUT2D eigenvalue weighted by molar-refractivity contribution is 7.27. The monoisotopic (exact) mass is 478 g/mol. The van der Waals surface area contributed by atoms with Gasteiger partial charge in [-0.25, -0.2) is 4.98 Å². The Hall–Kier alpha value is -2.86. The van der Waals surface area contributed by atoms with Gasteiger partial charge in [0.15, 0.2) is 5.82 Å². The molecule has 1 fully saturated rings. The molecule has 1 unspecified atom stereocenters. The van der Waals surface area contributed by atoms with E-state index in [2.05, 4.69) is 37.5 Å². The Bertz CT molecular complexity index is 1150. The lowest BCUT2D eigenvalue weighted by Crippen LogP contribution is -2.48. The summed E-state index contributed by atoms with van der Waals surface area (Å²) >= 11 is 0. The number of hydrogen-bond donors (Lipinski definition) is 2. The molecule has 8 heteroatoms. The average molecular weight is 479 g/mol. The van der Waals surface area contributed by atoms with E-state index in [0.29, 0.717) is 12.4 Å². The van der Waals surface area contributed by atoms with E-state index in [4.69, 9.17) is 14.5 Å². The van der Waals surface area contributed by atoms with Gasteiger partial charge in [0.2, 0.25) is 12.2 Å². The number of nitrogens with one attached hydrogen (secondary N) is 2. The highest BCUT2D eigenvalue weighted by Crippen LogP contribution is 2.35. The van der Waals surface area contributed by atoms with Gasteiger partial charge in [0.05, 0.1) is 30.0 Å². The molecule has 1 aromatic carbocycles. The van der Waals surface area contributed by atoms with Crippen LogP contribution in [0.15, 0.2) is 60.4 Å². The number of H-pyrrole nitrogens is 1. The van der Waals surface area contributed by atoms with Crippen molar-refractivity contribution in [2.45, 2.75) is 33.5 Å². The minimum Gasteiger partial charge on any atom is -0.355 e. The molecule has 3 heterocycles. The van der Waals surface area contributed by atoms with Crippen LogP contribution in [0, 0.1) is 5.41 Å². The number of nitrogens with zero attached hydrogens (tertiary/aromatic N) is 2. The number of imidazole rings is 1. The van der Waals surface area contributed by atoms with Gasteiger partial charge < -0.3 is 19.8 Å². The number of aromatic amines is 1. The van der Waals surface area contributed by atoms with Gasteiger partial charge in [-0.3, -0.25) is 9.78 Å². The number of allylic oxidation sites excluding steroid dienone is 1. The van der Waals surface area contributed by atoms with E-state index in [1.807, 2.05) is 50.2 Å². The molecule has 1 saturated heterocycles. The van der Waals surface area contributed by atoms with Gasteiger partial charge in [-0.2, -0.15) is 0 Å². The van der Waals surface area contributed by atoms with Crippen LogP contribution in [0.25, 0.3) is 22.5 Å². The summed E-state index contributed by atoms with van der Waals surface area (Å²) in [5, 5.41) is 4.10. The molecule has 2 N–H and O–H groups in total. The zero-order chi connectivity index (χ0) is 24.1. The summed E-state index contributed by atoms with van der Waals surface area (Å²) < 4.78 is 12.0. The first kappa shape index (κ1) is 24.3. The lowest BCUT2D eigenvalue weighted by molar-refractivity contribution is -0.231. The molecule has 1 atom stereocenters. The van der Waals surface area contributed by atoms with E-state index in [-0.39, 0.29) is 19.1 Å². The summed E-state index contributed by atoms with van der Waals surface area (Å²) in [6, 6.07) is 12.0. The molecule has 2 aromatic heterocycles. The molecular formula is C26H31N4O3P. The van der Waals surface area contributed by atoms with Gasteiger partial charge in [0.25, 0.3) is 0 Å². The molecule has 3 aromatic rings. The van der Waals surface area contributed by atoms with Crippen molar-refractivity contribution >= 4 is 20.5 Å². The number of carbonyl (C=O) groups excluding carboxylic acids is 1. The summed E-state index contributed by atoms with van der Waals surface area (Å²) in [6.45, 7) is 7.00. The fourth-order valence-corrected chi connectivity index (χ4v) is 3.90. The summed E-state index contributed by atoms with van der Waals surface area (Å²) in [4.78, 5) is 25.1. The third kappa shape index (κ3) is 5.44. The van der Waals surface area contributed by atoms with E-state index in [1.54, 1.807) is 12.4 Å². The van der Waals surface area contributed by atoms with E-state index in [9.17, 15) is 4.79 Å². The van der Waals surface area contributed by atoms with Crippen molar-refractivity contribution in [3.05, 3.63) is 66.3 Å². The lowest BCUT2D eigenvalue weighted by atomic mass is 9.91. The molecule has 0 bridgehead atoms. The van der Waals surface area contributed by atoms with Crippen molar-refractivity contribution in [2.24, 2.45) is 5.41 Å². The molecule has 1 amide bonds. The number of hydrogen-bond acceptors (Lipinski definition) is 5. The van der Waals surface area contributed by atoms with Gasteiger partial charge >= 0.3 is 0 Å². The topological polar surface area (TPSA) is 89.1 Å². The Labute approximate surface area is 202 Å². The second-order valence-electron chi connectivity index (χ2n) is 8.86. The van der Waals surface area contributed by atoms with Gasteiger partial charge in [-0.05, 0) is 44.6 Å². The number of amides is 1. The fourth-order valence-electron chi connectivity index (χ4n) is 3.71. The normalized spacial score (nSPS) is 20.8. The number of rotatable bonds is 7. The molecule has 1 aliphatic rings. The highest BCUT2D eigenvalue weighted by Gasteiger charge is 2.40. The molecule has 0 saturated carbocycles. The largest absolute Gasteiger partial charge is 0.355 e. The van der Waals surface area contributed by atoms with Gasteiger partial charge in [-0.1, -0.05) is 35.9 Å². The predicted molar refractivity (Wildman–Crippen MR) is 136 cm³/mol. The number of pyridine rings is 1. The van der Waals surface area contributed by atoms with Crippen molar-refractivity contribution in [1.82, 2.24) is 20.3 Å². The van der Waals surface area contributed by atoms with E-state index in [1.165, 1.54) is 5.57 Å². The van der Waals surface area contributed by atoms with Crippen molar-refractivity contribution in [1.29, 1.82) is 0 Å². The molecule has 34 heavy (non-hydrogen) atoms. The zero-order valence-corrected chi connectivity index (χ0v) is 21.0. The number of carbonyl (C=O) groups is 1. The minimum atomic E-state index is -0.752. The average Bonchev–Trinajstić information content (AvgIpc) is 3.30. The van der Waals surface area contributed by atoms with Crippen LogP contribution >= 0.6 is 9.24 Å². The van der Waals surface area contributed by atoms with Gasteiger partial charge in [-0.15, -0.1) is 9.24 Å². The van der Waals surface area contributed by atoms with Crippen LogP contribution in [-0.4, -0.2) is 40.6 Å². The SMILES string of the molecule is C/C=C(\C)CCNC(=O)C1(C)COC(c2nc(-c3ccc(P)cc3)c(-c3ccncc3)[nH]2)OC1. The van der Waals surface area contributed by atoms with Crippen molar-refractivity contribution in [2.75, 3.05) is 19.8 Å². The number of benzene rings is 1. The predicted octanol–water partition coefficient (Wildman–Crippen LogP) is 4.16. The van der Waals surface area contributed by atoms with E-state index >= 15 is 0 Å². The summed E-state index contributed by atoms with van der Waals surface area (Å²) in [5.74, 6) is 0.507. The molecular weight excluding hydrogens is 447 g/mol. The van der Waals surface area contributed by atoms with Crippen LogP contribution in [-0.2, 0) is 14.3 Å². The van der Waals surface area contributed by atoms with Gasteiger partial charge in [0.1, 0.15) is 0 Å². The van der Waals surface area contributed by atoms with Crippen molar-refractivity contribution < 1.29 is 14.3 Å². The Kier molecular flexibility index (Phi) is 7.57. The van der Waals surface area contributed by atoms with Crippen LogP contribution in [0.3, 0.4) is 0 Å². The molecule has 1 aliphatic heterocycles. The molecule has 0 spiro atoms. The van der Waals surface area contributed by atoms with Crippen LogP contribution in [0.4, 0.5) is 0 Å². The number of ether oxygens (including phenoxy) is 2. The number of aromatic nitrogens is 3. The van der Waals surface area contributed by atoms with Crippen LogP contribution in [0.5, 0.6) is 0 Å². The Morgan fingerprint density at radius 1 is 1.18 bits per heavy atom. The van der Waals surface area contributed by atoms with Gasteiger partial charge in [0, 0.05) is 30.1 Å². The lowest BCUT2D eigenvalue weighted by Gasteiger charge is -2.35. The quantitative estimate of drug-likeness (QED) is 0.393. The fraction of sp³-hybridized carbons (Fsp3) is 0.346. The zero-order valence-electron chi connectivity index (χ0n) is 19.8. The molecule has 0 radical (unpaired) electrons. The second-order valence-corrected chi connectivity index (χ2v) is 9.53. The molecule has 4 rings (SSSR count). The molecule has 7 nitrogen and oxygen atoms in total. The third-order valence-corrected chi connectivity index (χ3v) is 6.44. The maximum atomic E-state index is 12.8. The summed E-state index contributed by atoms with van der Waals surface area (Å²) in [7, 11) is 2.69. The Morgan fingerprint density at radius 2 is 1.85 bits per heavy atom. The first-order chi connectivity index (χ1) is 16.4. The Balaban J connectivity index is 1.51. The van der Waals surface area contributed by atoms with Crippen LogP contribution < -0.4 is 10.6 Å². The standard InChI is InChI=1S/C26H31N4O3P/c1-4-17(2)9-14-28-25(31)26(3)15-32-24(33-16-26)23-29-21(18-5-7-20(34)8-6-18)22(30-23)19-10-12-27-13-11-19/h4-8,10-13,24H,9,14-16,34H2,1-3H3,(H,28,31)(H,29,30)/b17-4+. The van der Waals surface area contributed by atoms with Crippen LogP contribution in [0.1, 0.15) is 39.3 Å². The first-order valence-corrected chi connectivity index (χ1v) is 12.0.